The highest BCUT2D eigenvalue weighted by Gasteiger charge is 2.17. The lowest BCUT2D eigenvalue weighted by molar-refractivity contribution is 0.0686. The number of amides is 1. The summed E-state index contributed by atoms with van der Waals surface area (Å²) in [4.78, 5) is 13.8. The zero-order chi connectivity index (χ0) is 14.5. The molecule has 2 aromatic rings. The van der Waals surface area contributed by atoms with Crippen molar-refractivity contribution in [2.45, 2.75) is 0 Å². The number of aliphatic hydroxyl groups excluding tert-OH is 2. The first-order chi connectivity index (χ1) is 9.67. The molecular formula is C15H18N2O3. The Hall–Kier alpha value is -2.11. The molecule has 20 heavy (non-hydrogen) atoms. The van der Waals surface area contributed by atoms with Crippen molar-refractivity contribution in [3.63, 3.8) is 0 Å². The van der Waals surface area contributed by atoms with E-state index >= 15 is 0 Å². The van der Waals surface area contributed by atoms with Crippen LogP contribution in [-0.2, 0) is 0 Å². The minimum Gasteiger partial charge on any atom is -0.398 e. The van der Waals surface area contributed by atoms with E-state index in [1.54, 1.807) is 12.1 Å². The summed E-state index contributed by atoms with van der Waals surface area (Å²) in [5.41, 5.74) is 6.74. The smallest absolute Gasteiger partial charge is 0.256 e. The van der Waals surface area contributed by atoms with E-state index in [1.807, 2.05) is 24.3 Å². The molecule has 0 spiro atoms. The number of anilines is 1. The van der Waals surface area contributed by atoms with Crippen LogP contribution in [0.4, 0.5) is 5.69 Å². The molecule has 0 aliphatic heterocycles. The molecule has 0 aromatic heterocycles. The third-order valence-electron chi connectivity index (χ3n) is 3.18. The molecule has 0 heterocycles. The Morgan fingerprint density at radius 3 is 2.15 bits per heavy atom. The predicted octanol–water partition coefficient (Wildman–Crippen LogP) is 0.849. The minimum absolute atomic E-state index is 0.154. The number of benzene rings is 2. The second-order valence-corrected chi connectivity index (χ2v) is 4.53. The summed E-state index contributed by atoms with van der Waals surface area (Å²) in [5, 5.41) is 19.9. The molecule has 2 rings (SSSR count). The summed E-state index contributed by atoms with van der Waals surface area (Å²) in [7, 11) is 0. The highest BCUT2D eigenvalue weighted by atomic mass is 16.3. The largest absolute Gasteiger partial charge is 0.398 e. The third-order valence-corrected chi connectivity index (χ3v) is 3.18. The number of rotatable bonds is 5. The quantitative estimate of drug-likeness (QED) is 0.705. The maximum Gasteiger partial charge on any atom is 0.256 e. The SMILES string of the molecule is Nc1cc2ccccc2cc1C(=O)N(CCO)CCO. The van der Waals surface area contributed by atoms with E-state index in [9.17, 15) is 4.79 Å². The van der Waals surface area contributed by atoms with Crippen molar-refractivity contribution >= 4 is 22.4 Å². The molecule has 2 aromatic carbocycles. The Balaban J connectivity index is 2.39. The van der Waals surface area contributed by atoms with E-state index in [0.29, 0.717) is 11.3 Å². The van der Waals surface area contributed by atoms with Gasteiger partial charge in [0.25, 0.3) is 5.91 Å². The van der Waals surface area contributed by atoms with Gasteiger partial charge >= 0.3 is 0 Å². The molecule has 0 saturated carbocycles. The fraction of sp³-hybridized carbons (Fsp3) is 0.267. The maximum absolute atomic E-state index is 12.4. The average Bonchev–Trinajstić information content (AvgIpc) is 2.45. The number of nitrogen functional groups attached to an aromatic ring is 1. The molecule has 4 N–H and O–H groups in total. The van der Waals surface area contributed by atoms with E-state index < -0.39 is 0 Å². The Morgan fingerprint density at radius 1 is 1.05 bits per heavy atom. The zero-order valence-electron chi connectivity index (χ0n) is 11.1. The van der Waals surface area contributed by atoms with E-state index in [4.69, 9.17) is 15.9 Å². The van der Waals surface area contributed by atoms with Gasteiger partial charge in [0.05, 0.1) is 18.8 Å². The van der Waals surface area contributed by atoms with Gasteiger partial charge in [0.1, 0.15) is 0 Å². The Labute approximate surface area is 117 Å². The van der Waals surface area contributed by atoms with E-state index in [-0.39, 0.29) is 32.2 Å². The van der Waals surface area contributed by atoms with Crippen LogP contribution >= 0.6 is 0 Å². The van der Waals surface area contributed by atoms with Crippen molar-refractivity contribution in [3.05, 3.63) is 42.0 Å². The Kier molecular flexibility index (Phi) is 4.55. The molecule has 0 saturated heterocycles. The van der Waals surface area contributed by atoms with Crippen molar-refractivity contribution < 1.29 is 15.0 Å². The second kappa shape index (κ2) is 6.36. The van der Waals surface area contributed by atoms with Gasteiger partial charge in [-0.1, -0.05) is 24.3 Å². The zero-order valence-corrected chi connectivity index (χ0v) is 11.1. The van der Waals surface area contributed by atoms with Crippen LogP contribution in [0.3, 0.4) is 0 Å². The summed E-state index contributed by atoms with van der Waals surface area (Å²) in [6.45, 7) is 0.0375. The van der Waals surface area contributed by atoms with Crippen LogP contribution in [0.25, 0.3) is 10.8 Å². The standard InChI is InChI=1S/C15H18N2O3/c16-14-10-12-4-2-1-3-11(12)9-13(14)15(20)17(5-7-18)6-8-19/h1-4,9-10,18-19H,5-8,16H2. The summed E-state index contributed by atoms with van der Waals surface area (Å²) in [6.07, 6.45) is 0. The van der Waals surface area contributed by atoms with Gasteiger partial charge in [-0.15, -0.1) is 0 Å². The van der Waals surface area contributed by atoms with Gasteiger partial charge in [0.2, 0.25) is 0 Å². The average molecular weight is 274 g/mol. The van der Waals surface area contributed by atoms with Gasteiger partial charge in [0.15, 0.2) is 0 Å². The van der Waals surface area contributed by atoms with Crippen molar-refractivity contribution in [3.8, 4) is 0 Å². The van der Waals surface area contributed by atoms with Crippen LogP contribution in [-0.4, -0.2) is 47.3 Å². The predicted molar refractivity (Wildman–Crippen MR) is 78.4 cm³/mol. The van der Waals surface area contributed by atoms with Crippen molar-refractivity contribution in [2.24, 2.45) is 0 Å². The maximum atomic E-state index is 12.4. The van der Waals surface area contributed by atoms with Gasteiger partial charge in [0, 0.05) is 18.8 Å². The summed E-state index contributed by atoms with van der Waals surface area (Å²) in [5.74, 6) is -0.281. The van der Waals surface area contributed by atoms with Crippen LogP contribution in [0.1, 0.15) is 10.4 Å². The molecular weight excluding hydrogens is 256 g/mol. The monoisotopic (exact) mass is 274 g/mol. The molecule has 1 amide bonds. The molecule has 106 valence electrons. The molecule has 5 heteroatoms. The van der Waals surface area contributed by atoms with Gasteiger partial charge < -0.3 is 20.8 Å². The lowest BCUT2D eigenvalue weighted by Crippen LogP contribution is -2.36. The van der Waals surface area contributed by atoms with Gasteiger partial charge in [-0.25, -0.2) is 0 Å². The first-order valence-electron chi connectivity index (χ1n) is 6.46. The van der Waals surface area contributed by atoms with Crippen molar-refractivity contribution in [1.29, 1.82) is 0 Å². The van der Waals surface area contributed by atoms with E-state index in [0.717, 1.165) is 10.8 Å². The molecule has 5 nitrogen and oxygen atoms in total. The molecule has 0 fully saturated rings. The normalized spacial score (nSPS) is 10.7. The molecule has 0 atom stereocenters. The molecule has 0 unspecified atom stereocenters. The summed E-state index contributed by atoms with van der Waals surface area (Å²) >= 11 is 0. The van der Waals surface area contributed by atoms with Crippen molar-refractivity contribution in [1.82, 2.24) is 4.90 Å². The minimum atomic E-state index is -0.281. The first kappa shape index (κ1) is 14.3. The Bertz CT molecular complexity index is 607. The molecule has 0 radical (unpaired) electrons. The van der Waals surface area contributed by atoms with Crippen LogP contribution < -0.4 is 5.73 Å². The number of nitrogens with zero attached hydrogens (tertiary/aromatic N) is 1. The number of hydrogen-bond acceptors (Lipinski definition) is 4. The lowest BCUT2D eigenvalue weighted by Gasteiger charge is -2.21. The number of carbonyl (C=O) groups is 1. The van der Waals surface area contributed by atoms with Gasteiger partial charge in [-0.05, 0) is 22.9 Å². The second-order valence-electron chi connectivity index (χ2n) is 4.53. The fourth-order valence-electron chi connectivity index (χ4n) is 2.17. The number of aliphatic hydroxyl groups is 2. The Morgan fingerprint density at radius 2 is 1.60 bits per heavy atom. The van der Waals surface area contributed by atoms with E-state index in [1.165, 1.54) is 4.90 Å². The van der Waals surface area contributed by atoms with Gasteiger partial charge in [-0.3, -0.25) is 4.79 Å². The summed E-state index contributed by atoms with van der Waals surface area (Å²) < 4.78 is 0. The topological polar surface area (TPSA) is 86.8 Å². The van der Waals surface area contributed by atoms with Crippen LogP contribution in [0.15, 0.2) is 36.4 Å². The number of carbonyl (C=O) groups excluding carboxylic acids is 1. The molecule has 0 bridgehead atoms. The van der Waals surface area contributed by atoms with E-state index in [2.05, 4.69) is 0 Å². The highest BCUT2D eigenvalue weighted by Crippen LogP contribution is 2.23. The molecule has 0 aliphatic carbocycles. The summed E-state index contributed by atoms with van der Waals surface area (Å²) in [6, 6.07) is 11.2. The first-order valence-corrected chi connectivity index (χ1v) is 6.46. The van der Waals surface area contributed by atoms with Crippen LogP contribution in [0.2, 0.25) is 0 Å². The van der Waals surface area contributed by atoms with Gasteiger partial charge in [-0.2, -0.15) is 0 Å². The lowest BCUT2D eigenvalue weighted by atomic mass is 10.0. The van der Waals surface area contributed by atoms with Crippen LogP contribution in [0.5, 0.6) is 0 Å². The fourth-order valence-corrected chi connectivity index (χ4v) is 2.17. The molecule has 0 aliphatic rings. The van der Waals surface area contributed by atoms with Crippen molar-refractivity contribution in [2.75, 3.05) is 32.0 Å². The third kappa shape index (κ3) is 2.89. The highest BCUT2D eigenvalue weighted by molar-refractivity contribution is 6.03. The number of fused-ring (bicyclic) bond motifs is 1. The van der Waals surface area contributed by atoms with Crippen LogP contribution in [0, 0.1) is 0 Å². The number of hydrogen-bond donors (Lipinski definition) is 3. The number of nitrogens with two attached hydrogens (primary N) is 1.